The Balaban J connectivity index is 1.56. The summed E-state index contributed by atoms with van der Waals surface area (Å²) in [5.74, 6) is 0.566. The maximum atomic E-state index is 12.5. The first-order valence-electron chi connectivity index (χ1n) is 9.83. The van der Waals surface area contributed by atoms with Crippen molar-refractivity contribution in [1.29, 1.82) is 0 Å². The number of hydrogen-bond acceptors (Lipinski definition) is 5. The van der Waals surface area contributed by atoms with Crippen LogP contribution >= 0.6 is 0 Å². The van der Waals surface area contributed by atoms with Crippen LogP contribution in [0.15, 0.2) is 36.4 Å². The lowest BCUT2D eigenvalue weighted by atomic mass is 10.1. The maximum absolute atomic E-state index is 12.5. The van der Waals surface area contributed by atoms with Crippen molar-refractivity contribution in [3.05, 3.63) is 58.7 Å². The Kier molecular flexibility index (Phi) is 6.40. The van der Waals surface area contributed by atoms with Gasteiger partial charge in [0.15, 0.2) is 0 Å². The Bertz CT molecular complexity index is 986. The first-order chi connectivity index (χ1) is 14.3. The highest BCUT2D eigenvalue weighted by Crippen LogP contribution is 2.29. The Morgan fingerprint density at radius 3 is 2.47 bits per heavy atom. The first-order valence-corrected chi connectivity index (χ1v) is 9.83. The highest BCUT2D eigenvalue weighted by molar-refractivity contribution is 6.21. The molecule has 1 atom stereocenters. The van der Waals surface area contributed by atoms with Crippen LogP contribution in [-0.2, 0) is 4.79 Å². The van der Waals surface area contributed by atoms with Crippen molar-refractivity contribution in [1.82, 2.24) is 10.2 Å². The number of methoxy groups -OCH3 is 2. The van der Waals surface area contributed by atoms with Gasteiger partial charge in [-0.25, -0.2) is 0 Å². The summed E-state index contributed by atoms with van der Waals surface area (Å²) in [4.78, 5) is 38.6. The minimum atomic E-state index is -0.301. The summed E-state index contributed by atoms with van der Waals surface area (Å²) in [5.41, 5.74) is 2.59. The lowest BCUT2D eigenvalue weighted by molar-refractivity contribution is -0.121. The molecule has 7 heteroatoms. The molecule has 0 fully saturated rings. The van der Waals surface area contributed by atoms with Crippen molar-refractivity contribution in [2.24, 2.45) is 0 Å². The summed E-state index contributed by atoms with van der Waals surface area (Å²) in [6, 6.07) is 10.3. The maximum Gasteiger partial charge on any atom is 0.261 e. The molecule has 1 N–H and O–H groups in total. The van der Waals surface area contributed by atoms with E-state index < -0.39 is 0 Å². The van der Waals surface area contributed by atoms with Crippen LogP contribution in [0, 0.1) is 6.92 Å². The molecule has 0 radical (unpaired) electrons. The van der Waals surface area contributed by atoms with Gasteiger partial charge in [0.2, 0.25) is 5.91 Å². The Labute approximate surface area is 176 Å². The van der Waals surface area contributed by atoms with Crippen molar-refractivity contribution < 1.29 is 23.9 Å². The van der Waals surface area contributed by atoms with Crippen LogP contribution in [0.2, 0.25) is 0 Å². The number of benzene rings is 2. The zero-order valence-corrected chi connectivity index (χ0v) is 17.7. The number of nitrogens with zero attached hydrogens (tertiary/aromatic N) is 1. The molecule has 158 valence electrons. The van der Waals surface area contributed by atoms with E-state index in [9.17, 15) is 14.4 Å². The van der Waals surface area contributed by atoms with Gasteiger partial charge in [-0.3, -0.25) is 19.3 Å². The summed E-state index contributed by atoms with van der Waals surface area (Å²) in [7, 11) is 3.15. The molecule has 1 heterocycles. The van der Waals surface area contributed by atoms with Crippen molar-refractivity contribution >= 4 is 17.7 Å². The Morgan fingerprint density at radius 2 is 1.77 bits per heavy atom. The van der Waals surface area contributed by atoms with Gasteiger partial charge in [0.05, 0.1) is 31.4 Å². The quantitative estimate of drug-likeness (QED) is 0.675. The van der Waals surface area contributed by atoms with E-state index in [1.54, 1.807) is 38.5 Å². The molecule has 7 nitrogen and oxygen atoms in total. The van der Waals surface area contributed by atoms with E-state index in [-0.39, 0.29) is 36.7 Å². The van der Waals surface area contributed by atoms with Gasteiger partial charge in [-0.05, 0) is 50.6 Å². The first kappa shape index (κ1) is 21.4. The number of ether oxygens (including phenoxy) is 2. The van der Waals surface area contributed by atoms with E-state index in [0.717, 1.165) is 11.1 Å². The topological polar surface area (TPSA) is 84.9 Å². The monoisotopic (exact) mass is 410 g/mol. The van der Waals surface area contributed by atoms with Crippen LogP contribution in [0.3, 0.4) is 0 Å². The number of amides is 3. The van der Waals surface area contributed by atoms with E-state index in [1.807, 2.05) is 26.0 Å². The lowest BCUT2D eigenvalue weighted by Gasteiger charge is -2.19. The summed E-state index contributed by atoms with van der Waals surface area (Å²) in [5, 5.41) is 2.93. The standard InChI is InChI=1S/C23H26N2O5/c1-14-7-9-17-19(12-14)23(28)25(22(17)27)11-5-6-21(26)24-15(2)18-13-16(29-3)8-10-20(18)30-4/h7-10,12-13,15H,5-6,11H2,1-4H3,(H,24,26). The van der Waals surface area contributed by atoms with Gasteiger partial charge in [-0.2, -0.15) is 0 Å². The predicted molar refractivity (Wildman–Crippen MR) is 112 cm³/mol. The van der Waals surface area contributed by atoms with Gasteiger partial charge in [-0.15, -0.1) is 0 Å². The summed E-state index contributed by atoms with van der Waals surface area (Å²) >= 11 is 0. The Hall–Kier alpha value is -3.35. The van der Waals surface area contributed by atoms with E-state index in [1.165, 1.54) is 4.90 Å². The van der Waals surface area contributed by atoms with Gasteiger partial charge in [0.25, 0.3) is 11.8 Å². The molecular formula is C23H26N2O5. The fourth-order valence-electron chi connectivity index (χ4n) is 3.57. The molecule has 0 spiro atoms. The van der Waals surface area contributed by atoms with Gasteiger partial charge < -0.3 is 14.8 Å². The van der Waals surface area contributed by atoms with E-state index in [4.69, 9.17) is 9.47 Å². The molecule has 2 aromatic carbocycles. The third-order valence-corrected chi connectivity index (χ3v) is 5.19. The number of carbonyl (C=O) groups excluding carboxylic acids is 3. The van der Waals surface area contributed by atoms with Crippen LogP contribution in [0.5, 0.6) is 11.5 Å². The number of aryl methyl sites for hydroxylation is 1. The van der Waals surface area contributed by atoms with Crippen LogP contribution in [0.1, 0.15) is 57.7 Å². The lowest BCUT2D eigenvalue weighted by Crippen LogP contribution is -2.32. The molecule has 1 aliphatic rings. The van der Waals surface area contributed by atoms with Crippen LogP contribution in [-0.4, -0.2) is 43.4 Å². The molecule has 30 heavy (non-hydrogen) atoms. The summed E-state index contributed by atoms with van der Waals surface area (Å²) < 4.78 is 10.6. The van der Waals surface area contributed by atoms with Crippen LogP contribution in [0.4, 0.5) is 0 Å². The van der Waals surface area contributed by atoms with E-state index >= 15 is 0 Å². The normalized spacial score (nSPS) is 13.8. The molecular weight excluding hydrogens is 384 g/mol. The number of fused-ring (bicyclic) bond motifs is 1. The molecule has 1 aliphatic heterocycles. The highest BCUT2D eigenvalue weighted by atomic mass is 16.5. The zero-order chi connectivity index (χ0) is 21.8. The number of hydrogen-bond donors (Lipinski definition) is 1. The smallest absolute Gasteiger partial charge is 0.261 e. The molecule has 0 saturated heterocycles. The predicted octanol–water partition coefficient (Wildman–Crippen LogP) is 3.27. The van der Waals surface area contributed by atoms with Gasteiger partial charge in [-0.1, -0.05) is 11.6 Å². The molecule has 1 unspecified atom stereocenters. The van der Waals surface area contributed by atoms with Crippen LogP contribution in [0.25, 0.3) is 0 Å². The van der Waals surface area contributed by atoms with E-state index in [2.05, 4.69) is 5.32 Å². The Morgan fingerprint density at radius 1 is 1.03 bits per heavy atom. The second-order valence-electron chi connectivity index (χ2n) is 7.31. The SMILES string of the molecule is COc1ccc(OC)c(C(C)NC(=O)CCCN2C(=O)c3ccc(C)cc3C2=O)c1. The average molecular weight is 410 g/mol. The largest absolute Gasteiger partial charge is 0.497 e. The third kappa shape index (κ3) is 4.30. The van der Waals surface area contributed by atoms with Crippen molar-refractivity contribution in [3.8, 4) is 11.5 Å². The van der Waals surface area contributed by atoms with Crippen molar-refractivity contribution in [2.75, 3.05) is 20.8 Å². The second kappa shape index (κ2) is 8.98. The van der Waals surface area contributed by atoms with Crippen molar-refractivity contribution in [2.45, 2.75) is 32.7 Å². The number of rotatable bonds is 8. The molecule has 0 aliphatic carbocycles. The number of carbonyl (C=O) groups is 3. The van der Waals surface area contributed by atoms with E-state index in [0.29, 0.717) is 29.0 Å². The molecule has 3 amide bonds. The molecule has 2 aromatic rings. The van der Waals surface area contributed by atoms with Crippen molar-refractivity contribution in [3.63, 3.8) is 0 Å². The molecule has 0 bridgehead atoms. The summed E-state index contributed by atoms with van der Waals surface area (Å²) in [6.07, 6.45) is 0.585. The molecule has 3 rings (SSSR count). The second-order valence-corrected chi connectivity index (χ2v) is 7.31. The van der Waals surface area contributed by atoms with Gasteiger partial charge >= 0.3 is 0 Å². The highest BCUT2D eigenvalue weighted by Gasteiger charge is 2.35. The minimum Gasteiger partial charge on any atom is -0.497 e. The minimum absolute atomic E-state index is 0.167. The fourth-order valence-corrected chi connectivity index (χ4v) is 3.57. The van der Waals surface area contributed by atoms with Crippen LogP contribution < -0.4 is 14.8 Å². The number of imide groups is 1. The van der Waals surface area contributed by atoms with Gasteiger partial charge in [0, 0.05) is 18.5 Å². The molecule has 0 saturated carbocycles. The number of nitrogens with one attached hydrogen (secondary N) is 1. The fraction of sp³-hybridized carbons (Fsp3) is 0.348. The zero-order valence-electron chi connectivity index (χ0n) is 17.7. The average Bonchev–Trinajstić information content (AvgIpc) is 2.97. The third-order valence-electron chi connectivity index (χ3n) is 5.19. The summed E-state index contributed by atoms with van der Waals surface area (Å²) in [6.45, 7) is 3.95. The molecule has 0 aromatic heterocycles. The van der Waals surface area contributed by atoms with Gasteiger partial charge in [0.1, 0.15) is 11.5 Å².